The molecule has 0 spiro atoms. The third-order valence-electron chi connectivity index (χ3n) is 11.3. The number of halogens is 12. The molecule has 518 valence electrons. The van der Waals surface area contributed by atoms with Gasteiger partial charge in [-0.05, 0) is 74.3 Å². The molecule has 0 unspecified atom stereocenters. The molecule has 4 bridgehead atoms. The minimum absolute atomic E-state index is 0.000505. The number of carbonyl (C=O) groups is 9. The van der Waals surface area contributed by atoms with Crippen molar-refractivity contribution in [2.45, 2.75) is 99.6 Å². The Balaban J connectivity index is 0.00000130. The summed E-state index contributed by atoms with van der Waals surface area (Å²) in [6.45, 7) is 7.73. The van der Waals surface area contributed by atoms with E-state index in [9.17, 15) is 76.7 Å². The van der Waals surface area contributed by atoms with Crippen molar-refractivity contribution in [3.63, 3.8) is 0 Å². The fourth-order valence-electron chi connectivity index (χ4n) is 7.01. The Bertz CT molecular complexity index is 3210. The van der Waals surface area contributed by atoms with E-state index in [1.54, 1.807) is 64.9 Å². The molecule has 0 aliphatic carbocycles. The van der Waals surface area contributed by atoms with Crippen molar-refractivity contribution in [3.05, 3.63) is 89.2 Å². The van der Waals surface area contributed by atoms with E-state index in [1.807, 2.05) is 30.3 Å². The van der Waals surface area contributed by atoms with E-state index in [2.05, 4.69) is 45.1 Å². The largest absolute Gasteiger partial charge is 0.492 e. The number of aromatic nitrogens is 2. The summed E-state index contributed by atoms with van der Waals surface area (Å²) in [7, 11) is 4.85. The van der Waals surface area contributed by atoms with Crippen molar-refractivity contribution in [3.8, 4) is 40.1 Å². The van der Waals surface area contributed by atoms with Gasteiger partial charge in [0.15, 0.2) is 5.82 Å². The fourth-order valence-corrected chi connectivity index (χ4v) is 8.80. The monoisotopic (exact) mass is 1400 g/mol. The van der Waals surface area contributed by atoms with Crippen molar-refractivity contribution in [1.29, 1.82) is 5.26 Å². The number of carboxylic acid groups (broad SMARTS) is 4. The van der Waals surface area contributed by atoms with Gasteiger partial charge < -0.3 is 73.3 Å². The highest BCUT2D eigenvalue weighted by molar-refractivity contribution is 8.76. The Labute approximate surface area is 533 Å². The Morgan fingerprint density at radius 3 is 1.65 bits per heavy atom. The molecule has 0 radical (unpaired) electrons. The van der Waals surface area contributed by atoms with E-state index in [-0.39, 0.29) is 57.8 Å². The average Bonchev–Trinajstić information content (AvgIpc) is 0.791. The Hall–Kier alpha value is -9.20. The number of aryl methyl sites for hydroxylation is 1. The molecule has 4 aromatic rings. The Kier molecular flexibility index (Phi) is 33.6. The van der Waals surface area contributed by atoms with Gasteiger partial charge in [-0.3, -0.25) is 24.0 Å². The van der Waals surface area contributed by atoms with Crippen LogP contribution in [-0.2, 0) is 44.8 Å². The first-order valence-electron chi connectivity index (χ1n) is 26.4. The third-order valence-corrected chi connectivity index (χ3v) is 14.2. The number of nitriles is 1. The second-order valence-corrected chi connectivity index (χ2v) is 21.7. The molecule has 0 saturated heterocycles. The minimum Gasteiger partial charge on any atom is -0.492 e. The zero-order valence-electron chi connectivity index (χ0n) is 49.5. The van der Waals surface area contributed by atoms with Gasteiger partial charge in [0.1, 0.15) is 55.4 Å². The summed E-state index contributed by atoms with van der Waals surface area (Å²) in [6, 6.07) is 14.8. The smallest absolute Gasteiger partial charge is 0.490 e. The van der Waals surface area contributed by atoms with Crippen molar-refractivity contribution < 1.29 is 126 Å². The predicted molar refractivity (Wildman–Crippen MR) is 309 cm³/mol. The number of fused-ring (bicyclic) bond motifs is 5. The number of hydrogen-bond donors (Lipinski definition) is 11. The second kappa shape index (κ2) is 38.1. The minimum atomic E-state index is -5.08. The van der Waals surface area contributed by atoms with Gasteiger partial charge in [-0.15, -0.1) is 0 Å². The summed E-state index contributed by atoms with van der Waals surface area (Å²) in [5.74, 6) is -13.2. The number of hydrogen-bond acceptors (Lipinski definition) is 19. The van der Waals surface area contributed by atoms with Gasteiger partial charge in [-0.2, -0.15) is 57.9 Å². The number of carboxylic acids is 4. The summed E-state index contributed by atoms with van der Waals surface area (Å²) in [5.41, 5.74) is 20.8. The summed E-state index contributed by atoms with van der Waals surface area (Å²) in [6.07, 6.45) is -18.9. The molecule has 40 heteroatoms. The van der Waals surface area contributed by atoms with Crippen LogP contribution >= 0.6 is 21.6 Å². The molecule has 1 aliphatic rings. The molecule has 3 aromatic carbocycles. The highest BCUT2D eigenvalue weighted by atomic mass is 33.1. The normalized spacial score (nSPS) is 14.9. The molecular weight excluding hydrogens is 1330 g/mol. The van der Waals surface area contributed by atoms with Gasteiger partial charge in [0, 0.05) is 59.6 Å². The average molecular weight is 1400 g/mol. The summed E-state index contributed by atoms with van der Waals surface area (Å²) in [4.78, 5) is 117. The number of amides is 5. The molecule has 1 aliphatic heterocycles. The molecule has 5 rings (SSSR count). The predicted octanol–water partition coefficient (Wildman–Crippen LogP) is 5.31. The van der Waals surface area contributed by atoms with Crippen molar-refractivity contribution >= 4 is 75.0 Å². The maximum Gasteiger partial charge on any atom is 0.490 e. The maximum atomic E-state index is 14.6. The van der Waals surface area contributed by atoms with Gasteiger partial charge in [-0.25, -0.2) is 29.1 Å². The van der Waals surface area contributed by atoms with Gasteiger partial charge in [0.05, 0.1) is 17.3 Å². The Morgan fingerprint density at radius 1 is 0.734 bits per heavy atom. The number of nitrogens with zero attached hydrogens (tertiary/aromatic N) is 4. The van der Waals surface area contributed by atoms with Crippen LogP contribution in [0.1, 0.15) is 60.4 Å². The molecule has 2 heterocycles. The maximum absolute atomic E-state index is 14.6. The van der Waals surface area contributed by atoms with E-state index in [0.29, 0.717) is 50.5 Å². The number of rotatable bonds is 18. The molecular formula is C54H61F12N11O15S2. The fraction of sp³-hybridized carbons (Fsp3) is 0.407. The van der Waals surface area contributed by atoms with Crippen LogP contribution in [0.3, 0.4) is 0 Å². The van der Waals surface area contributed by atoms with E-state index < -0.39 is 102 Å². The first-order chi connectivity index (χ1) is 43.5. The molecule has 4 atom stereocenters. The first kappa shape index (κ1) is 82.8. The number of likely N-dealkylation sites (N-methyl/N-ethyl adjacent to an activating group) is 1. The van der Waals surface area contributed by atoms with E-state index in [0.717, 1.165) is 10.5 Å². The lowest BCUT2D eigenvalue weighted by atomic mass is 9.93. The lowest BCUT2D eigenvalue weighted by molar-refractivity contribution is -0.193. The van der Waals surface area contributed by atoms with Gasteiger partial charge in [-0.1, -0.05) is 59.7 Å². The molecule has 0 saturated carbocycles. The van der Waals surface area contributed by atoms with Crippen LogP contribution in [0.5, 0.6) is 11.5 Å². The first-order valence-corrected chi connectivity index (χ1v) is 28.6. The van der Waals surface area contributed by atoms with Crippen molar-refractivity contribution in [2.75, 3.05) is 46.4 Å². The zero-order chi connectivity index (χ0) is 72.2. The number of benzene rings is 3. The van der Waals surface area contributed by atoms with Crippen LogP contribution < -0.4 is 47.9 Å². The number of carbonyl (C=O) groups excluding carboxylic acids is 5. The van der Waals surface area contributed by atoms with Gasteiger partial charge in [0.2, 0.25) is 23.6 Å². The molecule has 1 aromatic heterocycles. The standard InChI is InChI=1S/C46H57N11O7S2.4C2HF3O2/c1-26(2)65-66-32-10-7-30(8-11-32)41-52-25-35(27(3)53-41)43(59)55-36(14-15-47)46(62)57(5)40-31-9-13-39(64-21-18-50)34(24-31)33-22-29(6-12-38(33)63-20-17-49)23-37(44(60)51-19-16-48)56-42(58)28(4)54-45(40)61;4*3-2(4,5)1(6)7/h6-13,22,24-26,28,36-37,40H,14-15,17-21,23,47,49-50H2,1-5H3,(H,51,60)(H,54,61)(H,55,59)(H,56,58);4*(H,6,7)/t28-,36-,37-,40-;;;;/m0..../s1. The lowest BCUT2D eigenvalue weighted by Gasteiger charge is -2.32. The lowest BCUT2D eigenvalue weighted by Crippen LogP contribution is -2.56. The van der Waals surface area contributed by atoms with E-state index in [1.165, 1.54) is 25.1 Å². The highest BCUT2D eigenvalue weighted by Crippen LogP contribution is 2.41. The van der Waals surface area contributed by atoms with Crippen molar-refractivity contribution in [2.24, 2.45) is 17.2 Å². The summed E-state index contributed by atoms with van der Waals surface area (Å²) in [5, 5.41) is 48.8. The summed E-state index contributed by atoms with van der Waals surface area (Å²) >= 11 is 0. The third kappa shape index (κ3) is 28.3. The van der Waals surface area contributed by atoms with Crippen molar-refractivity contribution in [1.82, 2.24) is 36.1 Å². The quantitative estimate of drug-likeness (QED) is 0.0341. The van der Waals surface area contributed by atoms with Crippen LogP contribution in [0, 0.1) is 18.3 Å². The van der Waals surface area contributed by atoms with E-state index >= 15 is 0 Å². The number of nitrogens with one attached hydrogen (secondary N) is 4. The van der Waals surface area contributed by atoms with E-state index in [4.69, 9.17) is 71.5 Å². The Morgan fingerprint density at radius 2 is 1.21 bits per heavy atom. The van der Waals surface area contributed by atoms with Crippen LogP contribution in [0.15, 0.2) is 71.8 Å². The number of aliphatic carboxylic acids is 4. The van der Waals surface area contributed by atoms with Crippen LogP contribution in [-0.4, -0.2) is 183 Å². The van der Waals surface area contributed by atoms with Gasteiger partial charge >= 0.3 is 48.6 Å². The van der Waals surface area contributed by atoms with Crippen LogP contribution in [0.2, 0.25) is 0 Å². The molecule has 0 fully saturated rings. The zero-order valence-corrected chi connectivity index (χ0v) is 51.2. The number of nitrogens with two attached hydrogens (primary N) is 3. The molecule has 14 N–H and O–H groups in total. The van der Waals surface area contributed by atoms with Crippen LogP contribution in [0.4, 0.5) is 52.7 Å². The number of alkyl halides is 12. The van der Waals surface area contributed by atoms with Gasteiger partial charge in [0.25, 0.3) is 5.91 Å². The topological polar surface area (TPSA) is 432 Å². The molecule has 26 nitrogen and oxygen atoms in total. The second-order valence-electron chi connectivity index (χ2n) is 18.8. The van der Waals surface area contributed by atoms with Crippen LogP contribution in [0.25, 0.3) is 22.5 Å². The summed E-state index contributed by atoms with van der Waals surface area (Å²) < 4.78 is 139. The molecule has 94 heavy (non-hydrogen) atoms. The highest BCUT2D eigenvalue weighted by Gasteiger charge is 2.41. The SMILES string of the molecule is Cc1nc(-c2ccc(SSC(C)C)cc2)ncc1C(=O)N[C@@H](CCN)C(=O)N(C)[C@@H]1C(=O)N[C@@H](C)C(=O)N[C@H](C(=O)NCC#N)Cc2ccc(OCCN)c(c2)-c2cc1ccc2OCCN.O=C(O)C(F)(F)F.O=C(O)C(F)(F)F.O=C(O)C(F)(F)F.O=C(O)C(F)(F)F. The molecule has 5 amide bonds. The number of ether oxygens (including phenoxy) is 2.